The maximum atomic E-state index is 13.5. The van der Waals surface area contributed by atoms with E-state index >= 15 is 0 Å². The molecule has 160 valence electrons. The largest absolute Gasteiger partial charge is 0.480 e. The Balaban J connectivity index is 1.87. The number of aryl methyl sites for hydroxylation is 2. The zero-order chi connectivity index (χ0) is 21.5. The van der Waals surface area contributed by atoms with Crippen molar-refractivity contribution in [2.24, 2.45) is 5.92 Å². The van der Waals surface area contributed by atoms with Crippen molar-refractivity contribution in [3.05, 3.63) is 70.8 Å². The van der Waals surface area contributed by atoms with E-state index < -0.39 is 12.0 Å². The van der Waals surface area contributed by atoms with Gasteiger partial charge in [-0.25, -0.2) is 4.79 Å². The first-order chi connectivity index (χ1) is 14.4. The Bertz CT molecular complexity index is 836. The van der Waals surface area contributed by atoms with Gasteiger partial charge >= 0.3 is 5.97 Å². The first-order valence-corrected chi connectivity index (χ1v) is 11.1. The molecule has 0 heterocycles. The highest BCUT2D eigenvalue weighted by Gasteiger charge is 2.31. The molecule has 0 aromatic heterocycles. The average molecular weight is 408 g/mol. The maximum absolute atomic E-state index is 13.5. The number of carboxylic acids is 1. The standard InChI is InChI=1S/C26H33NO3/c1-19-15-20(2)17-23(16-19)25(28)27(14-13-21-9-5-3-6-10-21)24(26(29)30)18-22-11-7-4-8-12-22/h4,7-8,11-12,15-17,21,24H,3,5-6,9-10,13-14,18H2,1-2H3,(H,29,30)/t24-/m1/s1. The molecule has 3 rings (SSSR count). The Hall–Kier alpha value is -2.62. The zero-order valence-corrected chi connectivity index (χ0v) is 18.1. The van der Waals surface area contributed by atoms with Crippen molar-refractivity contribution < 1.29 is 14.7 Å². The lowest BCUT2D eigenvalue weighted by Gasteiger charge is -2.32. The van der Waals surface area contributed by atoms with Crippen molar-refractivity contribution in [3.63, 3.8) is 0 Å². The number of hydrogen-bond donors (Lipinski definition) is 1. The Kier molecular flexibility index (Phi) is 7.67. The number of hydrogen-bond acceptors (Lipinski definition) is 2. The molecule has 1 atom stereocenters. The predicted molar refractivity (Wildman–Crippen MR) is 120 cm³/mol. The van der Waals surface area contributed by atoms with E-state index in [1.54, 1.807) is 4.90 Å². The van der Waals surface area contributed by atoms with Crippen LogP contribution in [-0.2, 0) is 11.2 Å². The summed E-state index contributed by atoms with van der Waals surface area (Å²) in [6.45, 7) is 4.42. The fourth-order valence-electron chi connectivity index (χ4n) is 4.63. The van der Waals surface area contributed by atoms with Crippen LogP contribution in [0.1, 0.15) is 65.6 Å². The Morgan fingerprint density at radius 3 is 2.23 bits per heavy atom. The van der Waals surface area contributed by atoms with Crippen molar-refractivity contribution in [1.82, 2.24) is 4.90 Å². The highest BCUT2D eigenvalue weighted by atomic mass is 16.4. The topological polar surface area (TPSA) is 57.6 Å². The lowest BCUT2D eigenvalue weighted by atomic mass is 9.86. The number of carboxylic acid groups (broad SMARTS) is 1. The van der Waals surface area contributed by atoms with Crippen molar-refractivity contribution in [3.8, 4) is 0 Å². The van der Waals surface area contributed by atoms with Crippen LogP contribution >= 0.6 is 0 Å². The molecule has 0 saturated heterocycles. The quantitative estimate of drug-likeness (QED) is 0.636. The van der Waals surface area contributed by atoms with Crippen molar-refractivity contribution >= 4 is 11.9 Å². The van der Waals surface area contributed by atoms with Crippen molar-refractivity contribution in [2.75, 3.05) is 6.54 Å². The van der Waals surface area contributed by atoms with Gasteiger partial charge in [0.05, 0.1) is 0 Å². The Morgan fingerprint density at radius 1 is 1.00 bits per heavy atom. The van der Waals surface area contributed by atoms with Gasteiger partial charge in [0.1, 0.15) is 6.04 Å². The molecular formula is C26H33NO3. The van der Waals surface area contributed by atoms with Crippen molar-refractivity contribution in [1.29, 1.82) is 0 Å². The maximum Gasteiger partial charge on any atom is 0.326 e. The predicted octanol–water partition coefficient (Wildman–Crippen LogP) is 5.41. The van der Waals surface area contributed by atoms with Gasteiger partial charge in [0.2, 0.25) is 0 Å². The molecule has 4 heteroatoms. The third kappa shape index (κ3) is 5.94. The summed E-state index contributed by atoms with van der Waals surface area (Å²) in [5.74, 6) is -0.541. The molecule has 30 heavy (non-hydrogen) atoms. The molecule has 1 aliphatic rings. The molecule has 0 bridgehead atoms. The fraction of sp³-hybridized carbons (Fsp3) is 0.462. The minimum Gasteiger partial charge on any atom is -0.480 e. The summed E-state index contributed by atoms with van der Waals surface area (Å²) in [5, 5.41) is 10.1. The van der Waals surface area contributed by atoms with Crippen LogP contribution in [0.2, 0.25) is 0 Å². The second-order valence-corrected chi connectivity index (χ2v) is 8.71. The van der Waals surface area contributed by atoms with Gasteiger partial charge in [-0.1, -0.05) is 79.6 Å². The summed E-state index contributed by atoms with van der Waals surface area (Å²) in [6, 6.07) is 14.5. The highest BCUT2D eigenvalue weighted by Crippen LogP contribution is 2.27. The van der Waals surface area contributed by atoms with Gasteiger partial charge in [-0.2, -0.15) is 0 Å². The first kappa shape index (κ1) is 22.1. The van der Waals surface area contributed by atoms with Crippen LogP contribution in [0.3, 0.4) is 0 Å². The zero-order valence-electron chi connectivity index (χ0n) is 18.1. The molecule has 2 aromatic carbocycles. The van der Waals surface area contributed by atoms with E-state index in [1.807, 2.05) is 62.4 Å². The monoisotopic (exact) mass is 407 g/mol. The van der Waals surface area contributed by atoms with Crippen molar-refractivity contribution in [2.45, 2.75) is 64.8 Å². The van der Waals surface area contributed by atoms with Crippen LogP contribution in [0.25, 0.3) is 0 Å². The molecule has 0 spiro atoms. The van der Waals surface area contributed by atoms with Gasteiger partial charge in [0.25, 0.3) is 5.91 Å². The molecule has 1 aliphatic carbocycles. The first-order valence-electron chi connectivity index (χ1n) is 11.1. The van der Waals surface area contributed by atoms with Crippen LogP contribution in [0, 0.1) is 19.8 Å². The normalized spacial score (nSPS) is 15.5. The van der Waals surface area contributed by atoms with E-state index in [2.05, 4.69) is 0 Å². The summed E-state index contributed by atoms with van der Waals surface area (Å²) in [6.07, 6.45) is 7.31. The Morgan fingerprint density at radius 2 is 1.63 bits per heavy atom. The van der Waals surface area contributed by atoms with E-state index in [1.165, 1.54) is 32.1 Å². The van der Waals surface area contributed by atoms with Gasteiger partial charge in [-0.3, -0.25) is 4.79 Å². The van der Waals surface area contributed by atoms with Gasteiger partial charge in [0, 0.05) is 18.5 Å². The molecule has 2 aromatic rings. The number of carbonyl (C=O) groups is 2. The van der Waals surface area contributed by atoms with Gasteiger partial charge in [0.15, 0.2) is 0 Å². The smallest absolute Gasteiger partial charge is 0.326 e. The molecule has 1 saturated carbocycles. The number of carbonyl (C=O) groups excluding carboxylic acids is 1. The summed E-state index contributed by atoms with van der Waals surface area (Å²) in [7, 11) is 0. The fourth-order valence-corrected chi connectivity index (χ4v) is 4.63. The molecule has 0 radical (unpaired) electrons. The van der Waals surface area contributed by atoms with Crippen LogP contribution in [0.5, 0.6) is 0 Å². The van der Waals surface area contributed by atoms with Gasteiger partial charge in [-0.15, -0.1) is 0 Å². The summed E-state index contributed by atoms with van der Waals surface area (Å²) >= 11 is 0. The van der Waals surface area contributed by atoms with Crippen LogP contribution in [0.15, 0.2) is 48.5 Å². The van der Waals surface area contributed by atoms with E-state index in [-0.39, 0.29) is 5.91 Å². The van der Waals surface area contributed by atoms with Crippen LogP contribution in [-0.4, -0.2) is 34.5 Å². The second-order valence-electron chi connectivity index (χ2n) is 8.71. The molecule has 0 aliphatic heterocycles. The summed E-state index contributed by atoms with van der Waals surface area (Å²) < 4.78 is 0. The molecule has 1 N–H and O–H groups in total. The Labute approximate surface area is 179 Å². The SMILES string of the molecule is Cc1cc(C)cc(C(=O)N(CCC2CCCCC2)[C@H](Cc2ccccc2)C(=O)O)c1. The van der Waals surface area contributed by atoms with E-state index in [4.69, 9.17) is 0 Å². The number of amides is 1. The van der Waals surface area contributed by atoms with Gasteiger partial charge < -0.3 is 10.0 Å². The van der Waals surface area contributed by atoms with E-state index in [0.717, 1.165) is 23.1 Å². The minimum atomic E-state index is -0.944. The highest BCUT2D eigenvalue weighted by molar-refractivity contribution is 5.97. The molecule has 0 unspecified atom stereocenters. The third-order valence-corrected chi connectivity index (χ3v) is 6.17. The number of benzene rings is 2. The lowest BCUT2D eigenvalue weighted by molar-refractivity contribution is -0.142. The number of rotatable bonds is 8. The summed E-state index contributed by atoms with van der Waals surface area (Å²) in [5.41, 5.74) is 3.54. The molecule has 4 nitrogen and oxygen atoms in total. The van der Waals surface area contributed by atoms with E-state index in [0.29, 0.717) is 24.4 Å². The molecular weight excluding hydrogens is 374 g/mol. The molecule has 1 amide bonds. The number of nitrogens with zero attached hydrogens (tertiary/aromatic N) is 1. The lowest BCUT2D eigenvalue weighted by Crippen LogP contribution is -2.47. The third-order valence-electron chi connectivity index (χ3n) is 6.17. The van der Waals surface area contributed by atoms with Crippen LogP contribution < -0.4 is 0 Å². The number of aliphatic carboxylic acids is 1. The second kappa shape index (κ2) is 10.4. The average Bonchev–Trinajstić information content (AvgIpc) is 2.73. The summed E-state index contributed by atoms with van der Waals surface area (Å²) in [4.78, 5) is 27.4. The van der Waals surface area contributed by atoms with Gasteiger partial charge in [-0.05, 0) is 43.9 Å². The minimum absolute atomic E-state index is 0.180. The van der Waals surface area contributed by atoms with E-state index in [9.17, 15) is 14.7 Å². The van der Waals surface area contributed by atoms with Crippen LogP contribution in [0.4, 0.5) is 0 Å². The molecule has 1 fully saturated rings.